The molecule has 3 aromatic rings. The number of carbonyl (C=O) groups is 2. The monoisotopic (exact) mass is 461 g/mol. The van der Waals surface area contributed by atoms with Crippen molar-refractivity contribution in [2.24, 2.45) is 5.92 Å². The van der Waals surface area contributed by atoms with Crippen LogP contribution in [0.3, 0.4) is 0 Å². The third-order valence-electron chi connectivity index (χ3n) is 5.45. The zero-order valence-electron chi connectivity index (χ0n) is 18.7. The highest BCUT2D eigenvalue weighted by molar-refractivity contribution is 6.51. The van der Waals surface area contributed by atoms with Crippen LogP contribution < -0.4 is 9.64 Å². The lowest BCUT2D eigenvalue weighted by Crippen LogP contribution is -2.29. The molecule has 0 radical (unpaired) electrons. The van der Waals surface area contributed by atoms with E-state index < -0.39 is 23.5 Å². The van der Waals surface area contributed by atoms with Gasteiger partial charge in [-0.2, -0.15) is 0 Å². The van der Waals surface area contributed by atoms with E-state index >= 15 is 0 Å². The Hall–Kier alpha value is -4.13. The summed E-state index contributed by atoms with van der Waals surface area (Å²) >= 11 is 0. The summed E-state index contributed by atoms with van der Waals surface area (Å²) in [6.07, 6.45) is 0. The van der Waals surface area contributed by atoms with E-state index in [4.69, 9.17) is 4.74 Å². The van der Waals surface area contributed by atoms with Gasteiger partial charge in [-0.3, -0.25) is 14.5 Å². The smallest absolute Gasteiger partial charge is 0.300 e. The highest BCUT2D eigenvalue weighted by Crippen LogP contribution is 2.42. The number of benzene rings is 3. The molecule has 1 atom stereocenters. The molecule has 0 aromatic heterocycles. The summed E-state index contributed by atoms with van der Waals surface area (Å²) in [4.78, 5) is 27.5. The molecule has 7 heteroatoms. The predicted molar refractivity (Wildman–Crippen MR) is 126 cm³/mol. The lowest BCUT2D eigenvalue weighted by Gasteiger charge is -2.25. The van der Waals surface area contributed by atoms with Gasteiger partial charge in [0.15, 0.2) is 0 Å². The maximum Gasteiger partial charge on any atom is 0.300 e. The first kappa shape index (κ1) is 23.0. The van der Waals surface area contributed by atoms with E-state index in [2.05, 4.69) is 0 Å². The summed E-state index contributed by atoms with van der Waals surface area (Å²) in [6.45, 7) is 4.50. The Kier molecular flexibility index (Phi) is 6.36. The summed E-state index contributed by atoms with van der Waals surface area (Å²) in [5.74, 6) is -1.72. The van der Waals surface area contributed by atoms with Crippen molar-refractivity contribution in [2.45, 2.75) is 19.9 Å². The summed E-state index contributed by atoms with van der Waals surface area (Å²) < 4.78 is 19.3. The molecule has 0 spiro atoms. The van der Waals surface area contributed by atoms with Crippen LogP contribution in [0.4, 0.5) is 10.1 Å². The molecule has 4 rings (SSSR count). The Morgan fingerprint density at radius 2 is 1.71 bits per heavy atom. The van der Waals surface area contributed by atoms with Crippen LogP contribution in [0.2, 0.25) is 0 Å². The van der Waals surface area contributed by atoms with Crippen molar-refractivity contribution in [3.8, 4) is 11.5 Å². The van der Waals surface area contributed by atoms with Crippen molar-refractivity contribution in [2.75, 3.05) is 11.5 Å². The van der Waals surface area contributed by atoms with Gasteiger partial charge in [-0.1, -0.05) is 38.1 Å². The SMILES string of the molecule is CC(C)COc1cccc(/C(O)=C2/C(=O)C(=O)N(c3ccc(F)cc3)C2c2ccc(O)cc2)c1. The lowest BCUT2D eigenvalue weighted by atomic mass is 9.95. The topological polar surface area (TPSA) is 87.1 Å². The van der Waals surface area contributed by atoms with Gasteiger partial charge in [0, 0.05) is 11.3 Å². The molecule has 1 amide bonds. The largest absolute Gasteiger partial charge is 0.508 e. The van der Waals surface area contributed by atoms with Crippen LogP contribution in [0.25, 0.3) is 5.76 Å². The molecule has 174 valence electrons. The number of hydrogen-bond acceptors (Lipinski definition) is 5. The number of aromatic hydroxyl groups is 1. The molecule has 1 aliphatic heterocycles. The van der Waals surface area contributed by atoms with E-state index in [-0.39, 0.29) is 17.1 Å². The van der Waals surface area contributed by atoms with Crippen molar-refractivity contribution < 1.29 is 28.9 Å². The first-order chi connectivity index (χ1) is 16.3. The van der Waals surface area contributed by atoms with Crippen LogP contribution in [-0.4, -0.2) is 28.5 Å². The summed E-state index contributed by atoms with van der Waals surface area (Å²) in [7, 11) is 0. The number of rotatable bonds is 6. The van der Waals surface area contributed by atoms with Gasteiger partial charge in [0.1, 0.15) is 23.1 Å². The molecule has 2 N–H and O–H groups in total. The Labute approximate surface area is 196 Å². The van der Waals surface area contributed by atoms with Gasteiger partial charge in [-0.15, -0.1) is 0 Å². The zero-order valence-corrected chi connectivity index (χ0v) is 18.7. The fourth-order valence-electron chi connectivity index (χ4n) is 3.82. The van der Waals surface area contributed by atoms with Crippen LogP contribution in [0.15, 0.2) is 78.4 Å². The second-order valence-electron chi connectivity index (χ2n) is 8.47. The number of nitrogens with zero attached hydrogens (tertiary/aromatic N) is 1. The fourth-order valence-corrected chi connectivity index (χ4v) is 3.82. The molecule has 1 aliphatic rings. The molecule has 1 unspecified atom stereocenters. The fraction of sp³-hybridized carbons (Fsp3) is 0.185. The van der Waals surface area contributed by atoms with Crippen LogP contribution in [-0.2, 0) is 9.59 Å². The van der Waals surface area contributed by atoms with Crippen molar-refractivity contribution in [1.82, 2.24) is 0 Å². The first-order valence-electron chi connectivity index (χ1n) is 10.8. The Morgan fingerprint density at radius 3 is 2.35 bits per heavy atom. The highest BCUT2D eigenvalue weighted by atomic mass is 19.1. The van der Waals surface area contributed by atoms with Gasteiger partial charge < -0.3 is 14.9 Å². The van der Waals surface area contributed by atoms with Gasteiger partial charge in [0.05, 0.1) is 18.2 Å². The van der Waals surface area contributed by atoms with E-state index in [0.717, 1.165) is 0 Å². The zero-order chi connectivity index (χ0) is 24.4. The number of hydrogen-bond donors (Lipinski definition) is 2. The Balaban J connectivity index is 1.85. The second-order valence-corrected chi connectivity index (χ2v) is 8.47. The van der Waals surface area contributed by atoms with Crippen molar-refractivity contribution in [1.29, 1.82) is 0 Å². The molecular formula is C27H24FNO5. The van der Waals surface area contributed by atoms with Crippen LogP contribution in [0, 0.1) is 11.7 Å². The standard InChI is InChI=1S/C27H24FNO5/c1-16(2)15-34-22-5-3-4-18(14-22)25(31)23-24(17-6-12-21(30)13-7-17)29(27(33)26(23)32)20-10-8-19(28)9-11-20/h3-14,16,24,30-31H,15H2,1-2H3/b25-23-. The average molecular weight is 461 g/mol. The third kappa shape index (κ3) is 4.50. The molecule has 0 aliphatic carbocycles. The number of carbonyl (C=O) groups excluding carboxylic acids is 2. The van der Waals surface area contributed by atoms with Crippen molar-refractivity contribution in [3.05, 3.63) is 95.3 Å². The Morgan fingerprint density at radius 1 is 1.03 bits per heavy atom. The van der Waals surface area contributed by atoms with E-state index in [0.29, 0.717) is 35.1 Å². The third-order valence-corrected chi connectivity index (χ3v) is 5.45. The molecule has 1 heterocycles. The maximum absolute atomic E-state index is 13.5. The summed E-state index contributed by atoms with van der Waals surface area (Å²) in [5.41, 5.74) is 1.01. The number of anilines is 1. The van der Waals surface area contributed by atoms with Crippen molar-refractivity contribution in [3.63, 3.8) is 0 Å². The molecule has 1 saturated heterocycles. The van der Waals surface area contributed by atoms with Gasteiger partial charge in [-0.05, 0) is 60.0 Å². The van der Waals surface area contributed by atoms with Crippen LogP contribution in [0.5, 0.6) is 11.5 Å². The van der Waals surface area contributed by atoms with Crippen LogP contribution in [0.1, 0.15) is 31.0 Å². The minimum Gasteiger partial charge on any atom is -0.508 e. The molecule has 6 nitrogen and oxygen atoms in total. The molecule has 34 heavy (non-hydrogen) atoms. The van der Waals surface area contributed by atoms with E-state index in [9.17, 15) is 24.2 Å². The van der Waals surface area contributed by atoms with E-state index in [1.54, 1.807) is 36.4 Å². The molecule has 0 bridgehead atoms. The second kappa shape index (κ2) is 9.39. The van der Waals surface area contributed by atoms with Crippen LogP contribution >= 0.6 is 0 Å². The number of phenols is 1. The predicted octanol–water partition coefficient (Wildman–Crippen LogP) is 5.19. The maximum atomic E-state index is 13.5. The van der Waals surface area contributed by atoms with Gasteiger partial charge >= 0.3 is 0 Å². The number of phenolic OH excluding ortho intramolecular Hbond substituents is 1. The highest BCUT2D eigenvalue weighted by Gasteiger charge is 2.47. The number of ether oxygens (including phenoxy) is 1. The lowest BCUT2D eigenvalue weighted by molar-refractivity contribution is -0.132. The molecule has 1 fully saturated rings. The number of aliphatic hydroxyl groups is 1. The minimum atomic E-state index is -0.980. The number of halogens is 1. The quantitative estimate of drug-likeness (QED) is 0.300. The number of Topliss-reactive ketones (excluding diaryl/α,β-unsaturated/α-hetero) is 1. The number of aliphatic hydroxyl groups excluding tert-OH is 1. The summed E-state index contributed by atoms with van der Waals surface area (Å²) in [5, 5.41) is 20.9. The first-order valence-corrected chi connectivity index (χ1v) is 10.8. The minimum absolute atomic E-state index is 0.0116. The average Bonchev–Trinajstić information content (AvgIpc) is 3.09. The number of amides is 1. The van der Waals surface area contributed by atoms with Crippen molar-refractivity contribution >= 4 is 23.1 Å². The normalized spacial score (nSPS) is 17.4. The molecule has 0 saturated carbocycles. The van der Waals surface area contributed by atoms with Gasteiger partial charge in [0.25, 0.3) is 11.7 Å². The van der Waals surface area contributed by atoms with E-state index in [1.807, 2.05) is 13.8 Å². The van der Waals surface area contributed by atoms with Gasteiger partial charge in [0.2, 0.25) is 0 Å². The molecule has 3 aromatic carbocycles. The van der Waals surface area contributed by atoms with E-state index in [1.165, 1.54) is 41.3 Å². The number of ketones is 1. The van der Waals surface area contributed by atoms with Gasteiger partial charge in [-0.25, -0.2) is 4.39 Å². The summed E-state index contributed by atoms with van der Waals surface area (Å²) in [6, 6.07) is 16.9. The Bertz CT molecular complexity index is 1250. The molecular weight excluding hydrogens is 437 g/mol.